The Hall–Kier alpha value is -1.89. The minimum Gasteiger partial charge on any atom is -0.303 e. The van der Waals surface area contributed by atoms with Crippen LogP contribution in [-0.4, -0.2) is 15.2 Å². The van der Waals surface area contributed by atoms with E-state index in [4.69, 9.17) is 0 Å². The molecule has 7 heteroatoms. The normalized spacial score (nSPS) is 18.5. The monoisotopic (exact) mass is 296 g/mol. The van der Waals surface area contributed by atoms with Gasteiger partial charge < -0.3 is 5.32 Å². The van der Waals surface area contributed by atoms with Gasteiger partial charge in [0.15, 0.2) is 0 Å². The van der Waals surface area contributed by atoms with E-state index in [-0.39, 0.29) is 6.04 Å². The van der Waals surface area contributed by atoms with E-state index < -0.39 is 11.7 Å². The first-order chi connectivity index (χ1) is 10.0. The van der Waals surface area contributed by atoms with Crippen LogP contribution in [0.3, 0.4) is 0 Å². The summed E-state index contributed by atoms with van der Waals surface area (Å²) in [6.07, 6.45) is 1.44. The molecular formula is C14H15F3N4. The first-order valence-corrected chi connectivity index (χ1v) is 6.81. The van der Waals surface area contributed by atoms with Crippen molar-refractivity contribution in [2.24, 2.45) is 0 Å². The lowest BCUT2D eigenvalue weighted by molar-refractivity contribution is -0.137. The molecular weight excluding hydrogens is 281 g/mol. The Morgan fingerprint density at radius 3 is 2.86 bits per heavy atom. The van der Waals surface area contributed by atoms with Crippen molar-refractivity contribution >= 4 is 0 Å². The second-order valence-corrected chi connectivity index (χ2v) is 5.17. The molecule has 0 saturated carbocycles. The predicted molar refractivity (Wildman–Crippen MR) is 70.3 cm³/mol. The molecule has 2 aromatic rings. The summed E-state index contributed by atoms with van der Waals surface area (Å²) in [5.41, 5.74) is 2.15. The second-order valence-electron chi connectivity index (χ2n) is 5.17. The quantitative estimate of drug-likeness (QED) is 0.915. The molecule has 112 valence electrons. The summed E-state index contributed by atoms with van der Waals surface area (Å²) in [5.74, 6) is 0. The zero-order valence-electron chi connectivity index (χ0n) is 11.2. The maximum absolute atomic E-state index is 12.5. The zero-order valence-corrected chi connectivity index (χ0v) is 11.2. The van der Waals surface area contributed by atoms with Crippen molar-refractivity contribution < 1.29 is 13.2 Å². The Bertz CT molecular complexity index is 603. The molecule has 0 saturated heterocycles. The molecule has 1 aliphatic rings. The number of hydrogen-bond donors (Lipinski definition) is 2. The SMILES string of the molecule is FC(F)(F)c1ccc(CNC2CCCc3cn[nH]c32)nc1. The number of alkyl halides is 3. The molecule has 21 heavy (non-hydrogen) atoms. The summed E-state index contributed by atoms with van der Waals surface area (Å²) in [4.78, 5) is 3.86. The number of H-pyrrole nitrogens is 1. The van der Waals surface area contributed by atoms with Crippen molar-refractivity contribution in [3.8, 4) is 0 Å². The van der Waals surface area contributed by atoms with Crippen LogP contribution in [0.4, 0.5) is 13.2 Å². The number of fused-ring (bicyclic) bond motifs is 1. The van der Waals surface area contributed by atoms with Gasteiger partial charge in [0.05, 0.1) is 23.1 Å². The molecule has 1 atom stereocenters. The molecule has 3 rings (SSSR count). The molecule has 0 spiro atoms. The summed E-state index contributed by atoms with van der Waals surface area (Å²) < 4.78 is 37.4. The largest absolute Gasteiger partial charge is 0.417 e. The van der Waals surface area contributed by atoms with Gasteiger partial charge >= 0.3 is 6.18 Å². The van der Waals surface area contributed by atoms with E-state index in [1.807, 2.05) is 6.20 Å². The fourth-order valence-corrected chi connectivity index (χ4v) is 2.59. The number of halogens is 3. The van der Waals surface area contributed by atoms with E-state index >= 15 is 0 Å². The van der Waals surface area contributed by atoms with Crippen molar-refractivity contribution in [2.75, 3.05) is 0 Å². The second kappa shape index (κ2) is 5.48. The minimum atomic E-state index is -4.34. The Kier molecular flexibility index (Phi) is 3.67. The lowest BCUT2D eigenvalue weighted by Crippen LogP contribution is -2.25. The van der Waals surface area contributed by atoms with E-state index in [0.717, 1.165) is 37.2 Å². The Morgan fingerprint density at radius 2 is 2.14 bits per heavy atom. The number of nitrogens with zero attached hydrogens (tertiary/aromatic N) is 2. The van der Waals surface area contributed by atoms with Crippen molar-refractivity contribution in [1.82, 2.24) is 20.5 Å². The van der Waals surface area contributed by atoms with E-state index in [9.17, 15) is 13.2 Å². The molecule has 0 radical (unpaired) electrons. The lowest BCUT2D eigenvalue weighted by atomic mass is 9.94. The summed E-state index contributed by atoms with van der Waals surface area (Å²) >= 11 is 0. The third kappa shape index (κ3) is 3.07. The molecule has 2 aromatic heterocycles. The third-order valence-electron chi connectivity index (χ3n) is 3.72. The molecule has 0 aromatic carbocycles. The number of aromatic amines is 1. The zero-order chi connectivity index (χ0) is 14.9. The Morgan fingerprint density at radius 1 is 1.29 bits per heavy atom. The highest BCUT2D eigenvalue weighted by Gasteiger charge is 2.30. The molecule has 2 N–H and O–H groups in total. The highest BCUT2D eigenvalue weighted by Crippen LogP contribution is 2.29. The van der Waals surface area contributed by atoms with Crippen LogP contribution in [0.15, 0.2) is 24.5 Å². The maximum atomic E-state index is 12.5. The van der Waals surface area contributed by atoms with Crippen LogP contribution in [0.5, 0.6) is 0 Å². The number of pyridine rings is 1. The molecule has 4 nitrogen and oxygen atoms in total. The van der Waals surface area contributed by atoms with Gasteiger partial charge in [0.25, 0.3) is 0 Å². The predicted octanol–water partition coefficient (Wildman–Crippen LogP) is 2.99. The van der Waals surface area contributed by atoms with Gasteiger partial charge in [-0.05, 0) is 37.0 Å². The van der Waals surface area contributed by atoms with Crippen LogP contribution in [0.2, 0.25) is 0 Å². The van der Waals surface area contributed by atoms with Gasteiger partial charge in [0.2, 0.25) is 0 Å². The van der Waals surface area contributed by atoms with Gasteiger partial charge in [-0.1, -0.05) is 0 Å². The van der Waals surface area contributed by atoms with Crippen LogP contribution in [0.25, 0.3) is 0 Å². The van der Waals surface area contributed by atoms with Crippen molar-refractivity contribution in [1.29, 1.82) is 0 Å². The molecule has 0 aliphatic heterocycles. The fourth-order valence-electron chi connectivity index (χ4n) is 2.59. The average molecular weight is 296 g/mol. The minimum absolute atomic E-state index is 0.153. The summed E-state index contributed by atoms with van der Waals surface area (Å²) in [6.45, 7) is 0.432. The fraction of sp³-hybridized carbons (Fsp3) is 0.429. The van der Waals surface area contributed by atoms with E-state index in [1.54, 1.807) is 0 Å². The molecule has 1 unspecified atom stereocenters. The Labute approximate surface area is 119 Å². The maximum Gasteiger partial charge on any atom is 0.417 e. The van der Waals surface area contributed by atoms with Crippen LogP contribution in [0.1, 0.15) is 41.4 Å². The number of aromatic nitrogens is 3. The van der Waals surface area contributed by atoms with E-state index in [2.05, 4.69) is 20.5 Å². The van der Waals surface area contributed by atoms with Crippen molar-refractivity contribution in [2.45, 2.75) is 38.0 Å². The molecule has 0 amide bonds. The van der Waals surface area contributed by atoms with Gasteiger partial charge in [-0.15, -0.1) is 0 Å². The summed E-state index contributed by atoms with van der Waals surface area (Å²) in [5, 5.41) is 10.4. The van der Waals surface area contributed by atoms with Gasteiger partial charge in [0, 0.05) is 18.8 Å². The average Bonchev–Trinajstić information content (AvgIpc) is 2.93. The lowest BCUT2D eigenvalue weighted by Gasteiger charge is -2.22. The highest BCUT2D eigenvalue weighted by atomic mass is 19.4. The van der Waals surface area contributed by atoms with Crippen LogP contribution in [0, 0.1) is 0 Å². The molecule has 1 aliphatic carbocycles. The summed E-state index contributed by atoms with van der Waals surface area (Å²) in [6, 6.07) is 2.62. The van der Waals surface area contributed by atoms with Crippen molar-refractivity contribution in [3.63, 3.8) is 0 Å². The molecule has 2 heterocycles. The van der Waals surface area contributed by atoms with Gasteiger partial charge in [-0.2, -0.15) is 18.3 Å². The molecule has 0 bridgehead atoms. The van der Waals surface area contributed by atoms with Gasteiger partial charge in [0.1, 0.15) is 0 Å². The first-order valence-electron chi connectivity index (χ1n) is 6.81. The van der Waals surface area contributed by atoms with Gasteiger partial charge in [-0.25, -0.2) is 0 Å². The smallest absolute Gasteiger partial charge is 0.303 e. The van der Waals surface area contributed by atoms with Crippen LogP contribution in [-0.2, 0) is 19.1 Å². The highest BCUT2D eigenvalue weighted by molar-refractivity contribution is 5.23. The topological polar surface area (TPSA) is 53.6 Å². The molecule has 0 fully saturated rings. The van der Waals surface area contributed by atoms with Gasteiger partial charge in [-0.3, -0.25) is 10.1 Å². The number of hydrogen-bond acceptors (Lipinski definition) is 3. The van der Waals surface area contributed by atoms with Crippen LogP contribution >= 0.6 is 0 Å². The van der Waals surface area contributed by atoms with E-state index in [0.29, 0.717) is 12.2 Å². The standard InChI is InChI=1S/C14H15F3N4/c15-14(16,17)10-4-5-11(18-7-10)8-19-12-3-1-2-9-6-20-21-13(9)12/h4-7,12,19H,1-3,8H2,(H,20,21). The Balaban J connectivity index is 1.64. The van der Waals surface area contributed by atoms with Crippen molar-refractivity contribution in [3.05, 3.63) is 47.0 Å². The summed E-state index contributed by atoms with van der Waals surface area (Å²) in [7, 11) is 0. The van der Waals surface area contributed by atoms with E-state index in [1.165, 1.54) is 11.6 Å². The first kappa shape index (κ1) is 14.1. The number of aryl methyl sites for hydroxylation is 1. The van der Waals surface area contributed by atoms with Crippen LogP contribution < -0.4 is 5.32 Å². The number of rotatable bonds is 3. The number of nitrogens with one attached hydrogen (secondary N) is 2. The third-order valence-corrected chi connectivity index (χ3v) is 3.72.